The van der Waals surface area contributed by atoms with Gasteiger partial charge in [0.05, 0.1) is 17.6 Å². The van der Waals surface area contributed by atoms with Crippen molar-refractivity contribution < 1.29 is 9.53 Å². The molecule has 1 atom stereocenters. The van der Waals surface area contributed by atoms with Crippen molar-refractivity contribution in [1.82, 2.24) is 9.88 Å². The van der Waals surface area contributed by atoms with Crippen LogP contribution in [0, 0.1) is 23.7 Å². The lowest BCUT2D eigenvalue weighted by Crippen LogP contribution is -2.51. The summed E-state index contributed by atoms with van der Waals surface area (Å²) in [5.74, 6) is 0.954. The number of amides is 1. The van der Waals surface area contributed by atoms with E-state index < -0.39 is 0 Å². The third-order valence-electron chi connectivity index (χ3n) is 5.18. The van der Waals surface area contributed by atoms with E-state index in [2.05, 4.69) is 16.0 Å². The van der Waals surface area contributed by atoms with Crippen LogP contribution in [0.15, 0.2) is 12.1 Å². The molecule has 2 fully saturated rings. The number of likely N-dealkylation sites (tertiary alicyclic amines) is 1. The van der Waals surface area contributed by atoms with Gasteiger partial charge in [0, 0.05) is 39.0 Å². The number of carbonyl (C=O) groups excluding carboxylic acids is 1. The number of methoxy groups -OCH3 is 1. The maximum Gasteiger partial charge on any atom is 0.230 e. The number of aryl methyl sites for hydroxylation is 1. The van der Waals surface area contributed by atoms with Crippen LogP contribution in [0.3, 0.4) is 0 Å². The van der Waals surface area contributed by atoms with Crippen LogP contribution < -0.4 is 4.90 Å². The average Bonchev–Trinajstić information content (AvgIpc) is 3.01. The zero-order chi connectivity index (χ0) is 17.2. The molecule has 2 aliphatic rings. The minimum Gasteiger partial charge on any atom is -0.383 e. The topological polar surface area (TPSA) is 69.5 Å². The SMILES string of the molecule is COCCN1CCC[C@@]2(CCN(c3nc(C)ccc3C#N)C2)C1=O. The first-order valence-electron chi connectivity index (χ1n) is 8.51. The van der Waals surface area contributed by atoms with Gasteiger partial charge < -0.3 is 14.5 Å². The Labute approximate surface area is 143 Å². The molecule has 3 rings (SSSR count). The Balaban J connectivity index is 1.80. The van der Waals surface area contributed by atoms with Gasteiger partial charge in [-0.3, -0.25) is 4.79 Å². The van der Waals surface area contributed by atoms with Crippen LogP contribution in [0.25, 0.3) is 0 Å². The maximum atomic E-state index is 13.0. The molecule has 0 aromatic carbocycles. The molecule has 1 spiro atoms. The molecule has 2 aliphatic heterocycles. The molecule has 0 aliphatic carbocycles. The highest BCUT2D eigenvalue weighted by Crippen LogP contribution is 2.41. The molecule has 1 aromatic rings. The molecule has 6 heteroatoms. The Morgan fingerprint density at radius 1 is 1.38 bits per heavy atom. The van der Waals surface area contributed by atoms with Crippen molar-refractivity contribution in [2.45, 2.75) is 26.2 Å². The van der Waals surface area contributed by atoms with Gasteiger partial charge in [0.2, 0.25) is 5.91 Å². The summed E-state index contributed by atoms with van der Waals surface area (Å²) in [6, 6.07) is 5.89. The Morgan fingerprint density at radius 3 is 2.96 bits per heavy atom. The van der Waals surface area contributed by atoms with Crippen molar-refractivity contribution >= 4 is 11.7 Å². The van der Waals surface area contributed by atoms with Crippen LogP contribution in [-0.4, -0.2) is 55.7 Å². The molecule has 0 saturated carbocycles. The number of hydrogen-bond acceptors (Lipinski definition) is 5. The largest absolute Gasteiger partial charge is 0.383 e. The summed E-state index contributed by atoms with van der Waals surface area (Å²) in [7, 11) is 1.66. The zero-order valence-corrected chi connectivity index (χ0v) is 14.4. The van der Waals surface area contributed by atoms with Crippen LogP contribution in [0.4, 0.5) is 5.82 Å². The fraction of sp³-hybridized carbons (Fsp3) is 0.611. The first kappa shape index (κ1) is 16.7. The van der Waals surface area contributed by atoms with E-state index >= 15 is 0 Å². The van der Waals surface area contributed by atoms with E-state index in [1.165, 1.54) is 0 Å². The Kier molecular flexibility index (Phi) is 4.72. The fourth-order valence-corrected chi connectivity index (χ4v) is 3.87. The molecule has 24 heavy (non-hydrogen) atoms. The summed E-state index contributed by atoms with van der Waals surface area (Å²) >= 11 is 0. The third kappa shape index (κ3) is 2.96. The number of rotatable bonds is 4. The number of nitriles is 1. The molecular formula is C18H24N4O2. The van der Waals surface area contributed by atoms with Crippen molar-refractivity contribution in [3.8, 4) is 6.07 Å². The predicted octanol–water partition coefficient (Wildman–Crippen LogP) is 1.73. The van der Waals surface area contributed by atoms with Crippen LogP contribution in [-0.2, 0) is 9.53 Å². The highest BCUT2D eigenvalue weighted by atomic mass is 16.5. The number of ether oxygens (including phenoxy) is 1. The van der Waals surface area contributed by atoms with Crippen molar-refractivity contribution in [3.63, 3.8) is 0 Å². The van der Waals surface area contributed by atoms with Crippen LogP contribution in [0.2, 0.25) is 0 Å². The summed E-state index contributed by atoms with van der Waals surface area (Å²) < 4.78 is 5.13. The Morgan fingerprint density at radius 2 is 2.21 bits per heavy atom. The average molecular weight is 328 g/mol. The van der Waals surface area contributed by atoms with Crippen molar-refractivity contribution in [1.29, 1.82) is 5.26 Å². The highest BCUT2D eigenvalue weighted by molar-refractivity contribution is 5.85. The molecular weight excluding hydrogens is 304 g/mol. The number of carbonyl (C=O) groups is 1. The van der Waals surface area contributed by atoms with E-state index in [4.69, 9.17) is 4.74 Å². The fourth-order valence-electron chi connectivity index (χ4n) is 3.87. The molecule has 0 N–H and O–H groups in total. The minimum absolute atomic E-state index is 0.236. The molecule has 0 radical (unpaired) electrons. The van der Waals surface area contributed by atoms with Gasteiger partial charge in [-0.25, -0.2) is 4.98 Å². The van der Waals surface area contributed by atoms with Crippen molar-refractivity contribution in [2.24, 2.45) is 5.41 Å². The Hall–Kier alpha value is -2.13. The maximum absolute atomic E-state index is 13.0. The first-order chi connectivity index (χ1) is 11.6. The number of piperidine rings is 1. The van der Waals surface area contributed by atoms with Gasteiger partial charge in [0.15, 0.2) is 0 Å². The predicted molar refractivity (Wildman–Crippen MR) is 90.6 cm³/mol. The lowest BCUT2D eigenvalue weighted by atomic mass is 9.78. The van der Waals surface area contributed by atoms with Crippen molar-refractivity contribution in [2.75, 3.05) is 44.8 Å². The van der Waals surface area contributed by atoms with Gasteiger partial charge in [0.1, 0.15) is 11.9 Å². The zero-order valence-electron chi connectivity index (χ0n) is 14.4. The second-order valence-corrected chi connectivity index (χ2v) is 6.78. The first-order valence-corrected chi connectivity index (χ1v) is 8.51. The normalized spacial score (nSPS) is 23.8. The van der Waals surface area contributed by atoms with E-state index in [0.717, 1.165) is 43.9 Å². The van der Waals surface area contributed by atoms with Crippen LogP contribution in [0.1, 0.15) is 30.5 Å². The van der Waals surface area contributed by atoms with E-state index in [9.17, 15) is 10.1 Å². The summed E-state index contributed by atoms with van der Waals surface area (Å²) in [6.45, 7) is 5.40. The molecule has 0 unspecified atom stereocenters. The van der Waals surface area contributed by atoms with E-state index in [-0.39, 0.29) is 11.3 Å². The lowest BCUT2D eigenvalue weighted by Gasteiger charge is -2.39. The lowest BCUT2D eigenvalue weighted by molar-refractivity contribution is -0.145. The number of anilines is 1. The smallest absolute Gasteiger partial charge is 0.230 e. The number of nitrogens with zero attached hydrogens (tertiary/aromatic N) is 4. The van der Waals surface area contributed by atoms with Gasteiger partial charge >= 0.3 is 0 Å². The number of hydrogen-bond donors (Lipinski definition) is 0. The minimum atomic E-state index is -0.329. The van der Waals surface area contributed by atoms with E-state index in [1.807, 2.05) is 24.0 Å². The Bertz CT molecular complexity index is 669. The van der Waals surface area contributed by atoms with Gasteiger partial charge in [-0.15, -0.1) is 0 Å². The van der Waals surface area contributed by atoms with E-state index in [1.54, 1.807) is 7.11 Å². The van der Waals surface area contributed by atoms with Gasteiger partial charge in [-0.2, -0.15) is 5.26 Å². The van der Waals surface area contributed by atoms with E-state index in [0.29, 0.717) is 25.3 Å². The quantitative estimate of drug-likeness (QED) is 0.842. The van der Waals surface area contributed by atoms with Gasteiger partial charge in [-0.05, 0) is 38.3 Å². The standard InChI is InChI=1S/C18H24N4O2/c1-14-4-5-15(12-19)16(20-14)22-9-7-18(13-22)6-3-8-21(17(18)23)10-11-24-2/h4-5H,3,6-11,13H2,1-2H3/t18-/m0/s1. The second-order valence-electron chi connectivity index (χ2n) is 6.78. The highest BCUT2D eigenvalue weighted by Gasteiger charge is 2.48. The molecule has 3 heterocycles. The monoisotopic (exact) mass is 328 g/mol. The summed E-state index contributed by atoms with van der Waals surface area (Å²) in [4.78, 5) is 21.6. The molecule has 2 saturated heterocycles. The number of aromatic nitrogens is 1. The summed E-state index contributed by atoms with van der Waals surface area (Å²) in [5, 5.41) is 9.36. The summed E-state index contributed by atoms with van der Waals surface area (Å²) in [6.07, 6.45) is 2.77. The second kappa shape index (κ2) is 6.78. The van der Waals surface area contributed by atoms with Gasteiger partial charge in [-0.1, -0.05) is 0 Å². The van der Waals surface area contributed by atoms with Crippen LogP contribution in [0.5, 0.6) is 0 Å². The molecule has 128 valence electrons. The van der Waals surface area contributed by atoms with Crippen LogP contribution >= 0.6 is 0 Å². The van der Waals surface area contributed by atoms with Crippen molar-refractivity contribution in [3.05, 3.63) is 23.4 Å². The molecule has 0 bridgehead atoms. The third-order valence-corrected chi connectivity index (χ3v) is 5.18. The molecule has 1 amide bonds. The molecule has 6 nitrogen and oxygen atoms in total. The summed E-state index contributed by atoms with van der Waals surface area (Å²) in [5.41, 5.74) is 1.14. The number of pyridine rings is 1. The van der Waals surface area contributed by atoms with Gasteiger partial charge in [0.25, 0.3) is 0 Å². The molecule has 1 aromatic heterocycles.